The van der Waals surface area contributed by atoms with Gasteiger partial charge in [0.15, 0.2) is 0 Å². The fourth-order valence-electron chi connectivity index (χ4n) is 7.67. The topological polar surface area (TPSA) is 171 Å². The predicted octanol–water partition coefficient (Wildman–Crippen LogP) is 7.45. The largest absolute Gasteiger partial charge is 0.346 e. The Morgan fingerprint density at radius 3 is 2.52 bits per heavy atom. The molecule has 0 spiro atoms. The van der Waals surface area contributed by atoms with Crippen LogP contribution in [0.5, 0.6) is 0 Å². The molecule has 322 valence electrons. The number of carbonyl (C=O) groups is 3. The van der Waals surface area contributed by atoms with Crippen LogP contribution in [0, 0.1) is 11.6 Å². The molecule has 0 bridgehead atoms. The summed E-state index contributed by atoms with van der Waals surface area (Å²) in [6.07, 6.45) is 5.37. The van der Waals surface area contributed by atoms with Gasteiger partial charge >= 0.3 is 0 Å². The van der Waals surface area contributed by atoms with Gasteiger partial charge in [0, 0.05) is 88.1 Å². The zero-order chi connectivity index (χ0) is 44.0. The average Bonchev–Trinajstić information content (AvgIpc) is 3.84. The van der Waals surface area contributed by atoms with Gasteiger partial charge in [0.2, 0.25) is 11.9 Å². The first-order valence-electron chi connectivity index (χ1n) is 20.7. The van der Waals surface area contributed by atoms with Crippen LogP contribution in [0.2, 0.25) is 5.02 Å². The lowest BCUT2D eigenvalue weighted by Crippen LogP contribution is -2.33. The van der Waals surface area contributed by atoms with E-state index in [0.29, 0.717) is 81.8 Å². The molecule has 0 saturated heterocycles. The second kappa shape index (κ2) is 19.0. The number of hydrogen-bond acceptors (Lipinski definition) is 10. The van der Waals surface area contributed by atoms with Crippen molar-refractivity contribution >= 4 is 52.4 Å². The number of benzene rings is 4. The molecule has 0 fully saturated rings. The minimum absolute atomic E-state index is 0.00906. The summed E-state index contributed by atoms with van der Waals surface area (Å²) in [7, 11) is 0. The van der Waals surface area contributed by atoms with Crippen molar-refractivity contribution in [2.75, 3.05) is 23.7 Å². The fraction of sp³-hybridized carbons (Fsp3) is 0.261. The Morgan fingerprint density at radius 1 is 0.937 bits per heavy atom. The van der Waals surface area contributed by atoms with Gasteiger partial charge in [-0.15, -0.1) is 0 Å². The summed E-state index contributed by atoms with van der Waals surface area (Å²) in [6.45, 7) is 6.34. The molecular weight excluding hydrogens is 828 g/mol. The lowest BCUT2D eigenvalue weighted by molar-refractivity contribution is -0.116. The number of fused-ring (bicyclic) bond motifs is 4. The van der Waals surface area contributed by atoms with E-state index in [2.05, 4.69) is 55.3 Å². The van der Waals surface area contributed by atoms with E-state index < -0.39 is 11.6 Å². The Labute approximate surface area is 367 Å². The molecule has 0 radical (unpaired) electrons. The highest BCUT2D eigenvalue weighted by molar-refractivity contribution is 6.31. The van der Waals surface area contributed by atoms with E-state index in [4.69, 9.17) is 16.6 Å². The van der Waals surface area contributed by atoms with Crippen molar-refractivity contribution in [1.82, 2.24) is 40.5 Å². The van der Waals surface area contributed by atoms with Crippen LogP contribution in [-0.2, 0) is 31.0 Å². The van der Waals surface area contributed by atoms with Crippen molar-refractivity contribution < 1.29 is 23.2 Å². The van der Waals surface area contributed by atoms with Crippen molar-refractivity contribution in [2.45, 2.75) is 65.3 Å². The molecule has 4 N–H and O–H groups in total. The first-order valence-corrected chi connectivity index (χ1v) is 21.1. The van der Waals surface area contributed by atoms with E-state index in [1.54, 1.807) is 60.9 Å². The maximum absolute atomic E-state index is 14.9. The summed E-state index contributed by atoms with van der Waals surface area (Å²) in [5.74, 6) is -1.64. The molecule has 4 aromatic carbocycles. The quantitative estimate of drug-likeness (QED) is 0.0722. The zero-order valence-electron chi connectivity index (χ0n) is 34.6. The molecule has 2 aromatic heterocycles. The molecule has 2 aliphatic heterocycles. The zero-order valence-corrected chi connectivity index (χ0v) is 35.3. The molecule has 2 aliphatic rings. The minimum Gasteiger partial charge on any atom is -0.346 e. The van der Waals surface area contributed by atoms with Gasteiger partial charge < -0.3 is 26.2 Å². The fourth-order valence-corrected chi connectivity index (χ4v) is 7.84. The third-order valence-electron chi connectivity index (χ3n) is 10.9. The first kappa shape index (κ1) is 42.8. The van der Waals surface area contributed by atoms with Crippen molar-refractivity contribution in [1.29, 1.82) is 0 Å². The number of nitrogens with one attached hydrogen (secondary N) is 4. The molecule has 1 atom stereocenters. The molecule has 1 unspecified atom stereocenters. The molecule has 3 amide bonds. The van der Waals surface area contributed by atoms with Gasteiger partial charge in [-0.1, -0.05) is 43.1 Å². The summed E-state index contributed by atoms with van der Waals surface area (Å²) >= 11 is 6.35. The number of amides is 3. The van der Waals surface area contributed by atoms with E-state index in [9.17, 15) is 23.2 Å². The average molecular weight is 872 g/mol. The molecule has 8 rings (SSSR count). The Balaban J connectivity index is 0.794. The molecule has 0 saturated carbocycles. The number of aliphatic imine (C=N–C) groups is 1. The summed E-state index contributed by atoms with van der Waals surface area (Å²) in [6, 6.07) is 21.1. The Kier molecular flexibility index (Phi) is 12.9. The minimum atomic E-state index is -0.738. The summed E-state index contributed by atoms with van der Waals surface area (Å²) < 4.78 is 29.9. The van der Waals surface area contributed by atoms with Gasteiger partial charge in [0.1, 0.15) is 17.3 Å². The molecule has 14 nitrogen and oxygen atoms in total. The summed E-state index contributed by atoms with van der Waals surface area (Å²) in [5, 5.41) is 21.4. The standard InChI is InChI=1S/C46H44ClF2N11O3/c1-3-6-27(2)59-26-36-34(45(59)63)7-4-10-39(36)56-40(61)17-18-50-19-20-60-54-25-32(58-60)24-52-44(62)28-11-14-31(15-12-28)55-46-53-23-29-22-51-43(41-37(48)8-5-9-38(41)49)35-21-30(47)13-16-33(35)42(29)57-46/h4-5,7-16,21,23,25,27,50H,3,6,17-20,22,24,26H2,1-2H3,(H,52,62)(H,56,61)(H,53,55,57). The number of carbonyl (C=O) groups excluding carboxylic acids is 3. The number of aromatic nitrogens is 5. The van der Waals surface area contributed by atoms with Crippen molar-refractivity contribution in [3.63, 3.8) is 0 Å². The predicted molar refractivity (Wildman–Crippen MR) is 236 cm³/mol. The smallest absolute Gasteiger partial charge is 0.254 e. The van der Waals surface area contributed by atoms with Crippen LogP contribution in [0.3, 0.4) is 0 Å². The molecule has 63 heavy (non-hydrogen) atoms. The second-order valence-electron chi connectivity index (χ2n) is 15.3. The van der Waals surface area contributed by atoms with E-state index in [1.165, 1.54) is 23.0 Å². The maximum Gasteiger partial charge on any atom is 0.254 e. The lowest BCUT2D eigenvalue weighted by Gasteiger charge is -2.23. The Hall–Kier alpha value is -6.91. The third-order valence-corrected chi connectivity index (χ3v) is 11.1. The van der Waals surface area contributed by atoms with Gasteiger partial charge in [-0.25, -0.2) is 18.7 Å². The van der Waals surface area contributed by atoms with Crippen LogP contribution in [0.1, 0.15) is 81.8 Å². The van der Waals surface area contributed by atoms with E-state index in [-0.39, 0.29) is 60.5 Å². The summed E-state index contributed by atoms with van der Waals surface area (Å²) in [5.41, 5.74) is 5.94. The Morgan fingerprint density at radius 2 is 1.73 bits per heavy atom. The second-order valence-corrected chi connectivity index (χ2v) is 15.7. The number of nitrogens with zero attached hydrogens (tertiary/aromatic N) is 7. The van der Waals surface area contributed by atoms with Crippen molar-refractivity contribution in [3.05, 3.63) is 147 Å². The van der Waals surface area contributed by atoms with Gasteiger partial charge in [-0.05, 0) is 74.0 Å². The molecule has 17 heteroatoms. The summed E-state index contributed by atoms with van der Waals surface area (Å²) in [4.78, 5) is 55.9. The Bertz CT molecular complexity index is 2700. The van der Waals surface area contributed by atoms with Crippen LogP contribution < -0.4 is 21.3 Å². The van der Waals surface area contributed by atoms with Crippen LogP contribution in [0.4, 0.5) is 26.1 Å². The van der Waals surface area contributed by atoms with Crippen LogP contribution in [-0.4, -0.2) is 72.4 Å². The molecule has 0 aliphatic carbocycles. The SMILES string of the molecule is CCCC(C)N1Cc2c(NC(=O)CCNCCn3ncc(CNC(=O)c4ccc(Nc5ncc6c(n5)-c5ccc(Cl)cc5C(c5c(F)cccc5F)=NC6)cc4)n3)cccc2C1=O. The molecular formula is C46H44ClF2N11O3. The van der Waals surface area contributed by atoms with Crippen LogP contribution in [0.15, 0.2) is 96.2 Å². The van der Waals surface area contributed by atoms with Crippen LogP contribution in [0.25, 0.3) is 11.3 Å². The van der Waals surface area contributed by atoms with Crippen molar-refractivity contribution in [3.8, 4) is 11.3 Å². The highest BCUT2D eigenvalue weighted by atomic mass is 35.5. The van der Waals surface area contributed by atoms with Gasteiger partial charge in [-0.3, -0.25) is 19.4 Å². The van der Waals surface area contributed by atoms with E-state index >= 15 is 0 Å². The first-order chi connectivity index (χ1) is 30.6. The number of hydrogen-bond donors (Lipinski definition) is 4. The normalized spacial score (nSPS) is 13.4. The van der Waals surface area contributed by atoms with E-state index in [0.717, 1.165) is 18.4 Å². The van der Waals surface area contributed by atoms with Crippen molar-refractivity contribution in [2.24, 2.45) is 4.99 Å². The maximum atomic E-state index is 14.9. The number of anilines is 3. The number of rotatable bonds is 16. The highest BCUT2D eigenvalue weighted by Crippen LogP contribution is 2.35. The van der Waals surface area contributed by atoms with Gasteiger partial charge in [-0.2, -0.15) is 15.0 Å². The highest BCUT2D eigenvalue weighted by Gasteiger charge is 2.32. The van der Waals surface area contributed by atoms with Gasteiger partial charge in [0.05, 0.1) is 42.8 Å². The monoisotopic (exact) mass is 871 g/mol. The van der Waals surface area contributed by atoms with Crippen LogP contribution >= 0.6 is 11.6 Å². The van der Waals surface area contributed by atoms with E-state index in [1.807, 2.05) is 17.0 Å². The third kappa shape index (κ3) is 9.61. The molecule has 4 heterocycles. The molecule has 6 aromatic rings. The number of halogens is 3. The lowest BCUT2D eigenvalue weighted by atomic mass is 9.95. The van der Waals surface area contributed by atoms with Gasteiger partial charge in [0.25, 0.3) is 11.8 Å².